The Morgan fingerprint density at radius 3 is 0.889 bits per heavy atom. The monoisotopic (exact) mass is 264 g/mol. The number of aryl methyl sites for hydroxylation is 2. The third-order valence-electron chi connectivity index (χ3n) is 1.88. The quantitative estimate of drug-likeness (QED) is 0.522. The maximum Gasteiger partial charge on any atom is 0.0108 e. The van der Waals surface area contributed by atoms with Crippen LogP contribution in [-0.2, 0) is 0 Å². The molecule has 100 valence electrons. The lowest BCUT2D eigenvalue weighted by Gasteiger charge is -1.82. The fourth-order valence-corrected chi connectivity index (χ4v) is 1.07. The van der Waals surface area contributed by atoms with E-state index in [1.54, 1.807) is 0 Å². The smallest absolute Gasteiger partial charge is 0.0108 e. The highest BCUT2D eigenvalue weighted by Crippen LogP contribution is 1.92. The molecule has 2 aromatic carbocycles. The predicted octanol–water partition coefficient (Wildman–Crippen LogP) is 5.87. The molecule has 0 nitrogen and oxygen atoms in total. The second-order valence-electron chi connectivity index (χ2n) is 3.31. The minimum Gasteiger partial charge on any atom is -0.130 e. The van der Waals surface area contributed by atoms with Crippen LogP contribution in [0.2, 0.25) is 0 Å². The van der Waals surface area contributed by atoms with E-state index < -0.39 is 0 Å². The van der Waals surface area contributed by atoms with E-state index >= 15 is 0 Å². The summed E-state index contributed by atoms with van der Waals surface area (Å²) in [6.07, 6.45) is 1.47. The first kappa shape index (κ1) is 19.1. The molecule has 0 N–H and O–H groups in total. The number of alkyl halides is 1. The van der Waals surface area contributed by atoms with E-state index in [0.29, 0.717) is 0 Å². The summed E-state index contributed by atoms with van der Waals surface area (Å²) in [4.78, 5) is 0. The molecule has 2 aromatic rings. The molecule has 0 heterocycles. The van der Waals surface area contributed by atoms with Crippen LogP contribution in [0.4, 0.5) is 0 Å². The highest BCUT2D eigenvalue weighted by molar-refractivity contribution is 6.15. The van der Waals surface area contributed by atoms with Crippen molar-refractivity contribution in [3.8, 4) is 0 Å². The van der Waals surface area contributed by atoms with Gasteiger partial charge in [0.1, 0.15) is 0 Å². The first-order valence-corrected chi connectivity index (χ1v) is 6.96. The number of rotatable bonds is 0. The maximum absolute atomic E-state index is 4.64. The van der Waals surface area contributed by atoms with Crippen LogP contribution in [0.15, 0.2) is 60.7 Å². The van der Waals surface area contributed by atoms with Gasteiger partial charge in [-0.15, -0.1) is 11.6 Å². The Kier molecular flexibility index (Phi) is 16.7. The van der Waals surface area contributed by atoms with Gasteiger partial charge in [0.2, 0.25) is 0 Å². The van der Waals surface area contributed by atoms with Crippen molar-refractivity contribution in [2.24, 2.45) is 0 Å². The Balaban J connectivity index is 0. The summed E-state index contributed by atoms with van der Waals surface area (Å²) in [7, 11) is 0. The molecule has 0 saturated carbocycles. The summed E-state index contributed by atoms with van der Waals surface area (Å²) in [6.45, 7) is 8.17. The third-order valence-corrected chi connectivity index (χ3v) is 1.88. The van der Waals surface area contributed by atoms with Crippen LogP contribution in [0.1, 0.15) is 25.0 Å². The molecule has 0 spiro atoms. The van der Waals surface area contributed by atoms with E-state index in [0.717, 1.165) is 0 Å². The zero-order valence-corrected chi connectivity index (χ0v) is 12.9. The van der Waals surface area contributed by atoms with Crippen LogP contribution in [0.3, 0.4) is 0 Å². The zero-order chi connectivity index (χ0) is 14.2. The van der Waals surface area contributed by atoms with Gasteiger partial charge in [-0.05, 0) is 13.8 Å². The predicted molar refractivity (Wildman–Crippen MR) is 85.5 cm³/mol. The number of hydrogen-bond donors (Lipinski definition) is 0. The molecule has 0 fully saturated rings. The SMILES string of the molecule is CC.CCl.Cc1ccccc1.Cc1ccccc1. The molecule has 0 aromatic heterocycles. The third kappa shape index (κ3) is 12.8. The molecule has 1 heteroatoms. The molecule has 0 atom stereocenters. The molecule has 0 aliphatic carbocycles. The topological polar surface area (TPSA) is 0 Å². The maximum atomic E-state index is 4.64. The average Bonchev–Trinajstić information content (AvgIpc) is 2.46. The minimum atomic E-state index is 1.32. The van der Waals surface area contributed by atoms with Gasteiger partial charge < -0.3 is 0 Å². The second-order valence-corrected chi connectivity index (χ2v) is 3.31. The van der Waals surface area contributed by atoms with Gasteiger partial charge in [-0.2, -0.15) is 0 Å². The van der Waals surface area contributed by atoms with Gasteiger partial charge >= 0.3 is 0 Å². The average molecular weight is 265 g/mol. The minimum absolute atomic E-state index is 1.32. The summed E-state index contributed by atoms with van der Waals surface area (Å²) in [5.41, 5.74) is 2.64. The van der Waals surface area contributed by atoms with E-state index in [4.69, 9.17) is 0 Å². The lowest BCUT2D eigenvalue weighted by molar-refractivity contribution is 1.48. The Morgan fingerprint density at radius 2 is 0.778 bits per heavy atom. The molecular formula is C17H25Cl. The summed E-state index contributed by atoms with van der Waals surface area (Å²) in [5, 5.41) is 0. The molecule has 0 aliphatic heterocycles. The van der Waals surface area contributed by atoms with E-state index in [9.17, 15) is 0 Å². The van der Waals surface area contributed by atoms with Crippen molar-refractivity contribution in [1.82, 2.24) is 0 Å². The Morgan fingerprint density at radius 1 is 0.556 bits per heavy atom. The lowest BCUT2D eigenvalue weighted by Crippen LogP contribution is -1.62. The van der Waals surface area contributed by atoms with Gasteiger partial charge in [0.15, 0.2) is 0 Å². The van der Waals surface area contributed by atoms with Crippen molar-refractivity contribution in [2.75, 3.05) is 6.38 Å². The first-order valence-electron chi connectivity index (χ1n) is 6.20. The van der Waals surface area contributed by atoms with Crippen LogP contribution in [0.5, 0.6) is 0 Å². The van der Waals surface area contributed by atoms with Crippen LogP contribution >= 0.6 is 11.6 Å². The van der Waals surface area contributed by atoms with Gasteiger partial charge in [-0.3, -0.25) is 0 Å². The standard InChI is InChI=1S/2C7H8.C2H6.CH3Cl/c2*1-7-5-3-2-4-6-7;2*1-2/h2*2-6H,1H3;1-2H3;1H3. The first-order chi connectivity index (χ1) is 8.79. The molecular weight excluding hydrogens is 240 g/mol. The van der Waals surface area contributed by atoms with Gasteiger partial charge in [0, 0.05) is 6.38 Å². The van der Waals surface area contributed by atoms with Crippen molar-refractivity contribution in [3.05, 3.63) is 71.8 Å². The molecule has 18 heavy (non-hydrogen) atoms. The fraction of sp³-hybridized carbons (Fsp3) is 0.294. The van der Waals surface area contributed by atoms with Crippen molar-refractivity contribution >= 4 is 11.6 Å². The van der Waals surface area contributed by atoms with Gasteiger partial charge in [-0.25, -0.2) is 0 Å². The molecule has 0 bridgehead atoms. The van der Waals surface area contributed by atoms with E-state index in [-0.39, 0.29) is 0 Å². The lowest BCUT2D eigenvalue weighted by atomic mass is 10.2. The Labute approximate surface area is 118 Å². The summed E-state index contributed by atoms with van der Waals surface area (Å²) in [6, 6.07) is 20.5. The van der Waals surface area contributed by atoms with Gasteiger partial charge in [0.25, 0.3) is 0 Å². The molecule has 0 unspecified atom stereocenters. The zero-order valence-electron chi connectivity index (χ0n) is 12.2. The van der Waals surface area contributed by atoms with Crippen molar-refractivity contribution in [2.45, 2.75) is 27.7 Å². The van der Waals surface area contributed by atoms with Crippen LogP contribution in [0, 0.1) is 13.8 Å². The molecule has 0 aliphatic rings. The summed E-state index contributed by atoms with van der Waals surface area (Å²) >= 11 is 4.64. The van der Waals surface area contributed by atoms with E-state index in [1.165, 1.54) is 17.5 Å². The van der Waals surface area contributed by atoms with Crippen LogP contribution < -0.4 is 0 Å². The largest absolute Gasteiger partial charge is 0.130 e. The van der Waals surface area contributed by atoms with Crippen LogP contribution in [0.25, 0.3) is 0 Å². The second kappa shape index (κ2) is 15.7. The fourth-order valence-electron chi connectivity index (χ4n) is 1.07. The Bertz CT molecular complexity index is 303. The van der Waals surface area contributed by atoms with Gasteiger partial charge in [0.05, 0.1) is 0 Å². The molecule has 0 amide bonds. The van der Waals surface area contributed by atoms with Crippen LogP contribution in [-0.4, -0.2) is 6.38 Å². The molecule has 0 radical (unpaired) electrons. The summed E-state index contributed by atoms with van der Waals surface area (Å²) < 4.78 is 0. The Hall–Kier alpha value is -1.27. The normalized spacial score (nSPS) is 7.44. The number of hydrogen-bond acceptors (Lipinski definition) is 0. The van der Waals surface area contributed by atoms with Gasteiger partial charge in [-0.1, -0.05) is 85.6 Å². The summed E-state index contributed by atoms with van der Waals surface area (Å²) in [5.74, 6) is 0. The van der Waals surface area contributed by atoms with Crippen molar-refractivity contribution < 1.29 is 0 Å². The number of halogens is 1. The van der Waals surface area contributed by atoms with E-state index in [2.05, 4.69) is 49.7 Å². The number of benzene rings is 2. The highest BCUT2D eigenvalue weighted by Gasteiger charge is 1.72. The van der Waals surface area contributed by atoms with E-state index in [1.807, 2.05) is 50.2 Å². The van der Waals surface area contributed by atoms with Crippen molar-refractivity contribution in [1.29, 1.82) is 0 Å². The molecule has 0 saturated heterocycles. The highest BCUT2D eigenvalue weighted by atomic mass is 35.5. The van der Waals surface area contributed by atoms with Crippen molar-refractivity contribution in [3.63, 3.8) is 0 Å². The molecule has 2 rings (SSSR count).